The Kier molecular flexibility index (Phi) is 6.33. The van der Waals surface area contributed by atoms with E-state index in [0.29, 0.717) is 31.8 Å². The Bertz CT molecular complexity index is 434. The fourth-order valence-electron chi connectivity index (χ4n) is 2.34. The third kappa shape index (κ3) is 4.90. The molecule has 1 aliphatic heterocycles. The lowest BCUT2D eigenvalue weighted by molar-refractivity contribution is 0.0925. The minimum atomic E-state index is 0.304. The first-order chi connectivity index (χ1) is 10.2. The molecule has 0 aromatic heterocycles. The summed E-state index contributed by atoms with van der Waals surface area (Å²) in [4.78, 5) is 0. The van der Waals surface area contributed by atoms with E-state index in [1.807, 2.05) is 12.1 Å². The highest BCUT2D eigenvalue weighted by molar-refractivity contribution is 5.45. The number of hydrogen-bond donors (Lipinski definition) is 1. The number of hydrogen-bond acceptors (Lipinski definition) is 4. The van der Waals surface area contributed by atoms with Gasteiger partial charge in [0.2, 0.25) is 0 Å². The summed E-state index contributed by atoms with van der Waals surface area (Å²) in [6.07, 6.45) is 1.10. The van der Waals surface area contributed by atoms with Gasteiger partial charge in [0.15, 0.2) is 0 Å². The van der Waals surface area contributed by atoms with Crippen molar-refractivity contribution in [1.82, 2.24) is 5.32 Å². The second-order valence-corrected chi connectivity index (χ2v) is 5.76. The molecule has 1 aliphatic rings. The van der Waals surface area contributed by atoms with Gasteiger partial charge in [-0.05, 0) is 31.0 Å². The smallest absolute Gasteiger partial charge is 0.127 e. The Hall–Kier alpha value is -1.26. The van der Waals surface area contributed by atoms with Crippen LogP contribution in [0.3, 0.4) is 0 Å². The molecule has 1 N–H and O–H groups in total. The largest absolute Gasteiger partial charge is 0.491 e. The topological polar surface area (TPSA) is 39.7 Å². The minimum Gasteiger partial charge on any atom is -0.491 e. The van der Waals surface area contributed by atoms with Crippen LogP contribution in [0.25, 0.3) is 0 Å². The maximum atomic E-state index is 5.71. The zero-order valence-electron chi connectivity index (χ0n) is 13.4. The molecule has 0 radical (unpaired) electrons. The average Bonchev–Trinajstić information content (AvgIpc) is 2.85. The van der Waals surface area contributed by atoms with E-state index in [9.17, 15) is 0 Å². The van der Waals surface area contributed by atoms with Crippen LogP contribution >= 0.6 is 0 Å². The third-order valence-corrected chi connectivity index (χ3v) is 3.55. The lowest BCUT2D eigenvalue weighted by atomic mass is 10.1. The minimum absolute atomic E-state index is 0.304. The van der Waals surface area contributed by atoms with E-state index < -0.39 is 0 Å². The van der Waals surface area contributed by atoms with Gasteiger partial charge in [-0.1, -0.05) is 20.8 Å². The normalized spacial score (nSPS) is 16.9. The van der Waals surface area contributed by atoms with Crippen molar-refractivity contribution in [3.63, 3.8) is 0 Å². The highest BCUT2D eigenvalue weighted by Crippen LogP contribution is 2.35. The quantitative estimate of drug-likeness (QED) is 0.710. The fourth-order valence-corrected chi connectivity index (χ4v) is 2.34. The summed E-state index contributed by atoms with van der Waals surface area (Å²) in [5, 5.41) is 3.41. The van der Waals surface area contributed by atoms with Crippen LogP contribution in [-0.2, 0) is 4.74 Å². The number of nitrogens with one attached hydrogen (secondary N) is 1. The standard InChI is InChI=1S/C17H27NO3/c1-4-18-16-12-21-17-11-14(5-6-15(16)17)20-10-9-19-8-7-13(2)3/h5-6,11,13,16,18H,4,7-10,12H2,1-3H3. The first-order valence-electron chi connectivity index (χ1n) is 7.91. The van der Waals surface area contributed by atoms with Crippen LogP contribution in [0, 0.1) is 5.92 Å². The van der Waals surface area contributed by atoms with Crippen LogP contribution in [0.5, 0.6) is 11.5 Å². The molecule has 2 rings (SSSR count). The molecule has 0 spiro atoms. The van der Waals surface area contributed by atoms with Crippen molar-refractivity contribution in [2.45, 2.75) is 33.2 Å². The first-order valence-corrected chi connectivity index (χ1v) is 7.91. The van der Waals surface area contributed by atoms with E-state index in [4.69, 9.17) is 14.2 Å². The van der Waals surface area contributed by atoms with Gasteiger partial charge in [0, 0.05) is 18.2 Å². The zero-order chi connectivity index (χ0) is 15.1. The monoisotopic (exact) mass is 293 g/mol. The van der Waals surface area contributed by atoms with Crippen LogP contribution in [-0.4, -0.2) is 33.0 Å². The van der Waals surface area contributed by atoms with Crippen LogP contribution in [0.15, 0.2) is 18.2 Å². The Morgan fingerprint density at radius 2 is 2.14 bits per heavy atom. The number of likely N-dealkylation sites (N-methyl/N-ethyl adjacent to an activating group) is 1. The highest BCUT2D eigenvalue weighted by Gasteiger charge is 2.23. The van der Waals surface area contributed by atoms with Crippen molar-refractivity contribution in [1.29, 1.82) is 0 Å². The number of benzene rings is 1. The molecular weight excluding hydrogens is 266 g/mol. The summed E-state index contributed by atoms with van der Waals surface area (Å²) in [6.45, 7) is 10.2. The predicted octanol–water partition coefficient (Wildman–Crippen LogP) is 3.17. The van der Waals surface area contributed by atoms with Gasteiger partial charge in [-0.2, -0.15) is 0 Å². The van der Waals surface area contributed by atoms with Gasteiger partial charge in [-0.25, -0.2) is 0 Å². The van der Waals surface area contributed by atoms with Gasteiger partial charge in [-0.3, -0.25) is 0 Å². The summed E-state index contributed by atoms with van der Waals surface area (Å²) >= 11 is 0. The van der Waals surface area contributed by atoms with Crippen molar-refractivity contribution < 1.29 is 14.2 Å². The second-order valence-electron chi connectivity index (χ2n) is 5.76. The number of fused-ring (bicyclic) bond motifs is 1. The van der Waals surface area contributed by atoms with E-state index in [-0.39, 0.29) is 0 Å². The molecule has 1 atom stereocenters. The molecule has 118 valence electrons. The van der Waals surface area contributed by atoms with Gasteiger partial charge in [0.25, 0.3) is 0 Å². The lowest BCUT2D eigenvalue weighted by Gasteiger charge is -2.10. The van der Waals surface area contributed by atoms with Crippen LogP contribution in [0.2, 0.25) is 0 Å². The average molecular weight is 293 g/mol. The van der Waals surface area contributed by atoms with Gasteiger partial charge >= 0.3 is 0 Å². The van der Waals surface area contributed by atoms with Gasteiger partial charge in [0.05, 0.1) is 12.6 Å². The van der Waals surface area contributed by atoms with Crippen LogP contribution in [0.1, 0.15) is 38.8 Å². The fraction of sp³-hybridized carbons (Fsp3) is 0.647. The van der Waals surface area contributed by atoms with E-state index in [1.54, 1.807) is 0 Å². The van der Waals surface area contributed by atoms with Crippen molar-refractivity contribution >= 4 is 0 Å². The Balaban J connectivity index is 1.73. The molecule has 0 saturated heterocycles. The molecule has 0 bridgehead atoms. The van der Waals surface area contributed by atoms with Crippen molar-refractivity contribution in [3.8, 4) is 11.5 Å². The second kappa shape index (κ2) is 8.25. The third-order valence-electron chi connectivity index (χ3n) is 3.55. The summed E-state index contributed by atoms with van der Waals surface area (Å²) in [5.74, 6) is 2.46. The lowest BCUT2D eigenvalue weighted by Crippen LogP contribution is -2.21. The van der Waals surface area contributed by atoms with E-state index in [0.717, 1.165) is 31.1 Å². The van der Waals surface area contributed by atoms with E-state index in [1.165, 1.54) is 5.56 Å². The molecule has 4 nitrogen and oxygen atoms in total. The van der Waals surface area contributed by atoms with Crippen molar-refractivity contribution in [2.24, 2.45) is 5.92 Å². The highest BCUT2D eigenvalue weighted by atomic mass is 16.5. The molecule has 0 saturated carbocycles. The van der Waals surface area contributed by atoms with Gasteiger partial charge in [-0.15, -0.1) is 0 Å². The molecule has 0 aliphatic carbocycles. The summed E-state index contributed by atoms with van der Waals surface area (Å²) in [6, 6.07) is 6.37. The van der Waals surface area contributed by atoms with Gasteiger partial charge in [0.1, 0.15) is 24.7 Å². The predicted molar refractivity (Wildman–Crippen MR) is 84.1 cm³/mol. The Morgan fingerprint density at radius 1 is 1.29 bits per heavy atom. The van der Waals surface area contributed by atoms with E-state index in [2.05, 4.69) is 32.2 Å². The summed E-state index contributed by atoms with van der Waals surface area (Å²) < 4.78 is 17.0. The molecule has 0 fully saturated rings. The molecule has 4 heteroatoms. The Morgan fingerprint density at radius 3 is 2.90 bits per heavy atom. The summed E-state index contributed by atoms with van der Waals surface area (Å²) in [7, 11) is 0. The Labute approximate surface area is 127 Å². The zero-order valence-corrected chi connectivity index (χ0v) is 13.4. The molecule has 1 aromatic rings. The van der Waals surface area contributed by atoms with Crippen LogP contribution < -0.4 is 14.8 Å². The number of ether oxygens (including phenoxy) is 3. The maximum Gasteiger partial charge on any atom is 0.127 e. The van der Waals surface area contributed by atoms with E-state index >= 15 is 0 Å². The molecule has 1 unspecified atom stereocenters. The molecular formula is C17H27NO3. The van der Waals surface area contributed by atoms with Crippen LogP contribution in [0.4, 0.5) is 0 Å². The number of rotatable bonds is 9. The van der Waals surface area contributed by atoms with Crippen molar-refractivity contribution in [3.05, 3.63) is 23.8 Å². The molecule has 1 aromatic carbocycles. The molecule has 1 heterocycles. The summed E-state index contributed by atoms with van der Waals surface area (Å²) in [5.41, 5.74) is 1.22. The maximum absolute atomic E-state index is 5.71. The first kappa shape index (κ1) is 16.1. The molecule has 21 heavy (non-hydrogen) atoms. The SMILES string of the molecule is CCNC1COc2cc(OCCOCCC(C)C)ccc21. The molecule has 0 amide bonds. The van der Waals surface area contributed by atoms with Gasteiger partial charge < -0.3 is 19.5 Å². The van der Waals surface area contributed by atoms with Crippen molar-refractivity contribution in [2.75, 3.05) is 33.0 Å².